The molecule has 5 heteroatoms. The van der Waals surface area contributed by atoms with Crippen LogP contribution in [0.5, 0.6) is 11.5 Å². The van der Waals surface area contributed by atoms with Crippen LogP contribution in [-0.4, -0.2) is 28.6 Å². The SMILES string of the molecule is COc1cc(OC)cc(-c2cnc3cnc(-c4ccccc4C)cn23)c1. The quantitative estimate of drug-likeness (QED) is 0.550. The number of hydrogen-bond donors (Lipinski definition) is 0. The zero-order valence-electron chi connectivity index (χ0n) is 14.9. The normalized spacial score (nSPS) is 10.9. The fraction of sp³-hybridized carbons (Fsp3) is 0.143. The molecule has 0 aliphatic rings. The first-order valence-electron chi connectivity index (χ1n) is 8.32. The molecule has 0 radical (unpaired) electrons. The number of rotatable bonds is 4. The van der Waals surface area contributed by atoms with Gasteiger partial charge >= 0.3 is 0 Å². The van der Waals surface area contributed by atoms with Crippen LogP contribution in [0.4, 0.5) is 0 Å². The molecule has 0 N–H and O–H groups in total. The van der Waals surface area contributed by atoms with Crippen molar-refractivity contribution in [2.45, 2.75) is 6.92 Å². The van der Waals surface area contributed by atoms with E-state index in [0.717, 1.165) is 39.7 Å². The largest absolute Gasteiger partial charge is 0.497 e. The average Bonchev–Trinajstić information content (AvgIpc) is 3.11. The first kappa shape index (κ1) is 16.1. The first-order valence-corrected chi connectivity index (χ1v) is 8.32. The van der Waals surface area contributed by atoms with E-state index < -0.39 is 0 Å². The Balaban J connectivity index is 1.90. The van der Waals surface area contributed by atoms with Crippen molar-refractivity contribution < 1.29 is 9.47 Å². The van der Waals surface area contributed by atoms with Crippen LogP contribution in [0.25, 0.3) is 28.2 Å². The third-order valence-electron chi connectivity index (χ3n) is 4.46. The summed E-state index contributed by atoms with van der Waals surface area (Å²) in [4.78, 5) is 9.06. The molecule has 5 nitrogen and oxygen atoms in total. The fourth-order valence-corrected chi connectivity index (χ4v) is 3.06. The lowest BCUT2D eigenvalue weighted by molar-refractivity contribution is 0.394. The van der Waals surface area contributed by atoms with E-state index in [2.05, 4.69) is 29.0 Å². The Morgan fingerprint density at radius 1 is 0.885 bits per heavy atom. The molecular weight excluding hydrogens is 326 g/mol. The lowest BCUT2D eigenvalue weighted by Crippen LogP contribution is -1.95. The van der Waals surface area contributed by atoms with Gasteiger partial charge in [-0.05, 0) is 24.6 Å². The van der Waals surface area contributed by atoms with E-state index in [1.54, 1.807) is 20.4 Å². The molecular formula is C21H19N3O2. The molecule has 0 saturated heterocycles. The standard InChI is InChI=1S/C21H19N3O2/c1-14-6-4-5-7-18(14)19-13-24-20(11-23-21(24)12-22-19)15-8-16(25-2)10-17(9-15)26-3/h4-13H,1-3H3. The van der Waals surface area contributed by atoms with Gasteiger partial charge in [0.2, 0.25) is 0 Å². The van der Waals surface area contributed by atoms with Crippen molar-refractivity contribution in [1.29, 1.82) is 0 Å². The van der Waals surface area contributed by atoms with Crippen molar-refractivity contribution in [3.05, 3.63) is 66.6 Å². The van der Waals surface area contributed by atoms with Gasteiger partial charge in [0.15, 0.2) is 5.65 Å². The number of nitrogens with zero attached hydrogens (tertiary/aromatic N) is 3. The summed E-state index contributed by atoms with van der Waals surface area (Å²) >= 11 is 0. The topological polar surface area (TPSA) is 48.7 Å². The van der Waals surface area contributed by atoms with E-state index in [0.29, 0.717) is 0 Å². The lowest BCUT2D eigenvalue weighted by atomic mass is 10.1. The highest BCUT2D eigenvalue weighted by Gasteiger charge is 2.12. The van der Waals surface area contributed by atoms with E-state index in [-0.39, 0.29) is 0 Å². The van der Waals surface area contributed by atoms with Crippen molar-refractivity contribution in [1.82, 2.24) is 14.4 Å². The number of aryl methyl sites for hydroxylation is 1. The van der Waals surface area contributed by atoms with Crippen LogP contribution in [0, 0.1) is 6.92 Å². The van der Waals surface area contributed by atoms with Crippen molar-refractivity contribution in [2.75, 3.05) is 14.2 Å². The fourth-order valence-electron chi connectivity index (χ4n) is 3.06. The predicted octanol–water partition coefficient (Wildman–Crippen LogP) is 4.39. The first-order chi connectivity index (χ1) is 12.7. The molecule has 0 saturated carbocycles. The Morgan fingerprint density at radius 3 is 2.31 bits per heavy atom. The van der Waals surface area contributed by atoms with E-state index >= 15 is 0 Å². The molecule has 0 aliphatic heterocycles. The lowest BCUT2D eigenvalue weighted by Gasteiger charge is -2.10. The van der Waals surface area contributed by atoms with Gasteiger partial charge in [0, 0.05) is 23.4 Å². The highest BCUT2D eigenvalue weighted by atomic mass is 16.5. The van der Waals surface area contributed by atoms with Gasteiger partial charge in [-0.15, -0.1) is 0 Å². The van der Waals surface area contributed by atoms with E-state index in [4.69, 9.17) is 9.47 Å². The van der Waals surface area contributed by atoms with E-state index in [1.165, 1.54) is 5.56 Å². The number of fused-ring (bicyclic) bond motifs is 1. The van der Waals surface area contributed by atoms with Gasteiger partial charge in [0.1, 0.15) is 11.5 Å². The van der Waals surface area contributed by atoms with Crippen molar-refractivity contribution >= 4 is 5.65 Å². The maximum atomic E-state index is 5.39. The van der Waals surface area contributed by atoms with Crippen LogP contribution in [0.1, 0.15) is 5.56 Å². The van der Waals surface area contributed by atoms with Crippen molar-refractivity contribution in [2.24, 2.45) is 0 Å². The highest BCUT2D eigenvalue weighted by Crippen LogP contribution is 2.31. The Hall–Kier alpha value is -3.34. The third-order valence-corrected chi connectivity index (χ3v) is 4.46. The number of ether oxygens (including phenoxy) is 2. The summed E-state index contributed by atoms with van der Waals surface area (Å²) in [5, 5.41) is 0. The summed E-state index contributed by atoms with van der Waals surface area (Å²) in [5.41, 5.74) is 5.91. The van der Waals surface area contributed by atoms with Crippen molar-refractivity contribution in [3.8, 4) is 34.0 Å². The molecule has 2 aromatic carbocycles. The van der Waals surface area contributed by atoms with Crippen LogP contribution in [0.15, 0.2) is 61.1 Å². The van der Waals surface area contributed by atoms with Crippen LogP contribution < -0.4 is 9.47 Å². The molecule has 2 aromatic heterocycles. The molecule has 2 heterocycles. The molecule has 4 aromatic rings. The summed E-state index contributed by atoms with van der Waals surface area (Å²) in [6, 6.07) is 14.0. The zero-order valence-corrected chi connectivity index (χ0v) is 14.9. The number of aromatic nitrogens is 3. The highest BCUT2D eigenvalue weighted by molar-refractivity contribution is 5.69. The number of methoxy groups -OCH3 is 2. The van der Waals surface area contributed by atoms with Crippen molar-refractivity contribution in [3.63, 3.8) is 0 Å². The number of benzene rings is 2. The van der Waals surface area contributed by atoms with Gasteiger partial charge < -0.3 is 9.47 Å². The minimum absolute atomic E-state index is 0.738. The van der Waals surface area contributed by atoms with Crippen LogP contribution >= 0.6 is 0 Å². The maximum Gasteiger partial charge on any atom is 0.155 e. The van der Waals surface area contributed by atoms with Gasteiger partial charge in [-0.25, -0.2) is 4.98 Å². The Kier molecular flexibility index (Phi) is 4.05. The molecule has 0 atom stereocenters. The number of hydrogen-bond acceptors (Lipinski definition) is 4. The second-order valence-corrected chi connectivity index (χ2v) is 6.06. The van der Waals surface area contributed by atoms with Gasteiger partial charge in [-0.2, -0.15) is 0 Å². The molecule has 4 rings (SSSR count). The Bertz CT molecular complexity index is 1060. The Morgan fingerprint density at radius 2 is 1.62 bits per heavy atom. The summed E-state index contributed by atoms with van der Waals surface area (Å²) < 4.78 is 12.8. The van der Waals surface area contributed by atoms with E-state index in [9.17, 15) is 0 Å². The molecule has 0 fully saturated rings. The molecule has 0 amide bonds. The molecule has 0 aliphatic carbocycles. The van der Waals surface area contributed by atoms with Gasteiger partial charge in [0.05, 0.1) is 38.0 Å². The monoisotopic (exact) mass is 345 g/mol. The third kappa shape index (κ3) is 2.77. The number of imidazole rings is 1. The van der Waals surface area contributed by atoms with Crippen LogP contribution in [0.3, 0.4) is 0 Å². The summed E-state index contributed by atoms with van der Waals surface area (Å²) in [6.07, 6.45) is 5.65. The molecule has 130 valence electrons. The summed E-state index contributed by atoms with van der Waals surface area (Å²) in [6.45, 7) is 2.09. The average molecular weight is 345 g/mol. The second-order valence-electron chi connectivity index (χ2n) is 6.06. The second kappa shape index (κ2) is 6.52. The van der Waals surface area contributed by atoms with Gasteiger partial charge in [-0.1, -0.05) is 24.3 Å². The minimum Gasteiger partial charge on any atom is -0.497 e. The minimum atomic E-state index is 0.738. The van der Waals surface area contributed by atoms with Crippen LogP contribution in [0.2, 0.25) is 0 Å². The summed E-state index contributed by atoms with van der Waals surface area (Å²) in [5.74, 6) is 1.48. The van der Waals surface area contributed by atoms with Gasteiger partial charge in [-0.3, -0.25) is 9.38 Å². The van der Waals surface area contributed by atoms with Gasteiger partial charge in [0.25, 0.3) is 0 Å². The van der Waals surface area contributed by atoms with E-state index in [1.807, 2.05) is 47.1 Å². The molecule has 26 heavy (non-hydrogen) atoms. The molecule has 0 unspecified atom stereocenters. The predicted molar refractivity (Wildman–Crippen MR) is 102 cm³/mol. The maximum absolute atomic E-state index is 5.39. The molecule has 0 spiro atoms. The summed E-state index contributed by atoms with van der Waals surface area (Å²) in [7, 11) is 3.29. The smallest absolute Gasteiger partial charge is 0.155 e. The van der Waals surface area contributed by atoms with Crippen LogP contribution in [-0.2, 0) is 0 Å². The Labute approximate surface area is 151 Å². The molecule has 0 bridgehead atoms. The zero-order chi connectivity index (χ0) is 18.1.